The van der Waals surface area contributed by atoms with E-state index in [9.17, 15) is 9.59 Å². The molecule has 0 unspecified atom stereocenters. The maximum atomic E-state index is 12.5. The number of rotatable bonds is 4. The van der Waals surface area contributed by atoms with E-state index in [1.807, 2.05) is 6.07 Å². The van der Waals surface area contributed by atoms with Crippen LogP contribution in [0.5, 0.6) is 5.75 Å². The van der Waals surface area contributed by atoms with Gasteiger partial charge in [0.25, 0.3) is 0 Å². The van der Waals surface area contributed by atoms with Crippen LogP contribution in [-0.4, -0.2) is 49.5 Å². The van der Waals surface area contributed by atoms with Crippen molar-refractivity contribution in [1.29, 1.82) is 0 Å². The van der Waals surface area contributed by atoms with Crippen molar-refractivity contribution < 1.29 is 19.1 Å². The summed E-state index contributed by atoms with van der Waals surface area (Å²) >= 11 is 0. The lowest BCUT2D eigenvalue weighted by molar-refractivity contribution is -0.135. The van der Waals surface area contributed by atoms with Gasteiger partial charge in [-0.15, -0.1) is 0 Å². The molecule has 1 aromatic carbocycles. The SMILES string of the molecule is C[C@]12CC[C@@H]3c4ccc(OC(=O)CCN5CCOCC5)cc4CC[C@@H]3[C@@H]1CCC2=O. The summed E-state index contributed by atoms with van der Waals surface area (Å²) in [6.07, 6.45) is 6.57. The summed E-state index contributed by atoms with van der Waals surface area (Å²) in [5.41, 5.74) is 2.69. The van der Waals surface area contributed by atoms with Crippen LogP contribution in [0.3, 0.4) is 0 Å². The number of hydrogen-bond donors (Lipinski definition) is 0. The molecule has 4 atom stereocenters. The summed E-state index contributed by atoms with van der Waals surface area (Å²) in [6, 6.07) is 6.25. The molecule has 3 aliphatic carbocycles. The predicted molar refractivity (Wildman–Crippen MR) is 114 cm³/mol. The van der Waals surface area contributed by atoms with Crippen LogP contribution in [0.15, 0.2) is 18.2 Å². The Morgan fingerprint density at radius 1 is 1.20 bits per heavy atom. The van der Waals surface area contributed by atoms with Gasteiger partial charge in [0.05, 0.1) is 19.6 Å². The normalized spacial score (nSPS) is 33.5. The number of ketones is 1. The number of ether oxygens (including phenoxy) is 2. The monoisotopic (exact) mass is 411 g/mol. The molecule has 0 bridgehead atoms. The van der Waals surface area contributed by atoms with Crippen LogP contribution in [0.2, 0.25) is 0 Å². The van der Waals surface area contributed by atoms with Crippen LogP contribution in [0.4, 0.5) is 0 Å². The summed E-state index contributed by atoms with van der Waals surface area (Å²) in [4.78, 5) is 27.1. The van der Waals surface area contributed by atoms with Crippen molar-refractivity contribution in [2.45, 2.75) is 57.8 Å². The van der Waals surface area contributed by atoms with Gasteiger partial charge in [0.15, 0.2) is 0 Å². The lowest BCUT2D eigenvalue weighted by atomic mass is 9.55. The Morgan fingerprint density at radius 3 is 2.87 bits per heavy atom. The van der Waals surface area contributed by atoms with Gasteiger partial charge in [-0.2, -0.15) is 0 Å². The number of benzene rings is 1. The van der Waals surface area contributed by atoms with E-state index in [1.165, 1.54) is 11.1 Å². The van der Waals surface area contributed by atoms with Crippen LogP contribution < -0.4 is 4.74 Å². The summed E-state index contributed by atoms with van der Waals surface area (Å²) in [5, 5.41) is 0. The molecule has 30 heavy (non-hydrogen) atoms. The highest BCUT2D eigenvalue weighted by atomic mass is 16.5. The van der Waals surface area contributed by atoms with Crippen molar-refractivity contribution in [2.24, 2.45) is 17.3 Å². The van der Waals surface area contributed by atoms with Gasteiger partial charge in [0.1, 0.15) is 11.5 Å². The number of nitrogens with zero attached hydrogens (tertiary/aromatic N) is 1. The fraction of sp³-hybridized carbons (Fsp3) is 0.680. The maximum Gasteiger partial charge on any atom is 0.312 e. The lowest BCUT2D eigenvalue weighted by Gasteiger charge is -2.48. The zero-order valence-electron chi connectivity index (χ0n) is 18.0. The van der Waals surface area contributed by atoms with Crippen molar-refractivity contribution in [3.8, 4) is 5.75 Å². The Morgan fingerprint density at radius 2 is 2.03 bits per heavy atom. The molecule has 1 saturated heterocycles. The van der Waals surface area contributed by atoms with Crippen LogP contribution in [0, 0.1) is 17.3 Å². The smallest absolute Gasteiger partial charge is 0.312 e. The summed E-state index contributed by atoms with van der Waals surface area (Å²) in [6.45, 7) is 6.22. The van der Waals surface area contributed by atoms with E-state index in [2.05, 4.69) is 24.0 Å². The third-order valence-electron chi connectivity index (χ3n) is 8.37. The number of Topliss-reactive ketones (excluding diaryl/α,β-unsaturated/α-hetero) is 1. The van der Waals surface area contributed by atoms with Gasteiger partial charge in [0.2, 0.25) is 0 Å². The van der Waals surface area contributed by atoms with Crippen LogP contribution in [0.25, 0.3) is 0 Å². The van der Waals surface area contributed by atoms with E-state index >= 15 is 0 Å². The molecule has 5 nitrogen and oxygen atoms in total. The first-order valence-electron chi connectivity index (χ1n) is 11.7. The molecule has 0 radical (unpaired) electrons. The molecule has 1 aliphatic heterocycles. The van der Waals surface area contributed by atoms with E-state index in [4.69, 9.17) is 9.47 Å². The van der Waals surface area contributed by atoms with E-state index < -0.39 is 0 Å². The summed E-state index contributed by atoms with van der Waals surface area (Å²) in [7, 11) is 0. The molecule has 1 aromatic rings. The third kappa shape index (κ3) is 3.60. The Labute approximate surface area is 179 Å². The Bertz CT molecular complexity index is 830. The topological polar surface area (TPSA) is 55.8 Å². The Hall–Kier alpha value is -1.72. The minimum atomic E-state index is -0.159. The largest absolute Gasteiger partial charge is 0.426 e. The summed E-state index contributed by atoms with van der Waals surface area (Å²) in [5.74, 6) is 2.75. The third-order valence-corrected chi connectivity index (χ3v) is 8.37. The van der Waals surface area contributed by atoms with E-state index in [0.717, 1.165) is 71.4 Å². The van der Waals surface area contributed by atoms with Crippen molar-refractivity contribution in [3.63, 3.8) is 0 Å². The molecule has 5 heteroatoms. The number of morpholine rings is 1. The molecule has 3 fully saturated rings. The average molecular weight is 412 g/mol. The first-order chi connectivity index (χ1) is 14.5. The van der Waals surface area contributed by atoms with Crippen LogP contribution >= 0.6 is 0 Å². The highest BCUT2D eigenvalue weighted by Crippen LogP contribution is 2.59. The molecule has 1 heterocycles. The Balaban J connectivity index is 1.23. The standard InChI is InChI=1S/C25H33NO4/c1-25-10-8-20-19-5-3-18(30-24(28)9-11-26-12-14-29-15-13-26)16-17(19)2-4-21(20)22(25)6-7-23(25)27/h3,5,16,20-22H,2,4,6-15H2,1H3/t20-,21+,22+,25+/m1/s1. The second-order valence-corrected chi connectivity index (χ2v) is 9.87. The molecule has 2 saturated carbocycles. The number of aryl methyl sites for hydroxylation is 1. The quantitative estimate of drug-likeness (QED) is 0.558. The van der Waals surface area contributed by atoms with Gasteiger partial charge < -0.3 is 9.47 Å². The minimum Gasteiger partial charge on any atom is -0.426 e. The lowest BCUT2D eigenvalue weighted by Crippen LogP contribution is -2.42. The highest BCUT2D eigenvalue weighted by molar-refractivity contribution is 5.87. The molecule has 0 spiro atoms. The zero-order valence-corrected chi connectivity index (χ0v) is 18.0. The average Bonchev–Trinajstić information content (AvgIpc) is 3.07. The van der Waals surface area contributed by atoms with Crippen LogP contribution in [0.1, 0.15) is 62.5 Å². The molecular formula is C25H33NO4. The molecule has 5 rings (SSSR count). The number of fused-ring (bicyclic) bond motifs is 5. The summed E-state index contributed by atoms with van der Waals surface area (Å²) < 4.78 is 11.0. The van der Waals surface area contributed by atoms with Crippen molar-refractivity contribution in [3.05, 3.63) is 29.3 Å². The predicted octanol–water partition coefficient (Wildman–Crippen LogP) is 3.74. The van der Waals surface area contributed by atoms with Crippen molar-refractivity contribution >= 4 is 11.8 Å². The van der Waals surface area contributed by atoms with Crippen molar-refractivity contribution in [1.82, 2.24) is 4.90 Å². The van der Waals surface area contributed by atoms with Gasteiger partial charge in [-0.25, -0.2) is 0 Å². The van der Waals surface area contributed by atoms with Crippen molar-refractivity contribution in [2.75, 3.05) is 32.8 Å². The first-order valence-corrected chi connectivity index (χ1v) is 11.7. The molecule has 0 amide bonds. The van der Waals surface area contributed by atoms with Gasteiger partial charge in [0, 0.05) is 31.5 Å². The molecule has 162 valence electrons. The fourth-order valence-corrected chi connectivity index (χ4v) is 6.65. The fourth-order valence-electron chi connectivity index (χ4n) is 6.65. The molecule has 4 aliphatic rings. The first kappa shape index (κ1) is 20.2. The van der Waals surface area contributed by atoms with Crippen LogP contribution in [-0.2, 0) is 20.7 Å². The van der Waals surface area contributed by atoms with Gasteiger partial charge in [-0.3, -0.25) is 14.5 Å². The maximum absolute atomic E-state index is 12.5. The van der Waals surface area contributed by atoms with E-state index in [0.29, 0.717) is 35.7 Å². The second-order valence-electron chi connectivity index (χ2n) is 9.87. The van der Waals surface area contributed by atoms with E-state index in [1.54, 1.807) is 0 Å². The van der Waals surface area contributed by atoms with Gasteiger partial charge >= 0.3 is 5.97 Å². The number of hydrogen-bond acceptors (Lipinski definition) is 5. The number of carbonyl (C=O) groups is 2. The Kier molecular flexibility index (Phi) is 5.44. The molecule has 0 N–H and O–H groups in total. The molecular weight excluding hydrogens is 378 g/mol. The highest BCUT2D eigenvalue weighted by Gasteiger charge is 2.54. The second kappa shape index (κ2) is 8.08. The zero-order chi connectivity index (χ0) is 20.7. The number of carbonyl (C=O) groups excluding carboxylic acids is 2. The minimum absolute atomic E-state index is 0.0748. The molecule has 0 aromatic heterocycles. The van der Waals surface area contributed by atoms with Gasteiger partial charge in [-0.1, -0.05) is 13.0 Å². The van der Waals surface area contributed by atoms with Gasteiger partial charge in [-0.05, 0) is 73.1 Å². The van der Waals surface area contributed by atoms with E-state index in [-0.39, 0.29) is 11.4 Å². The number of esters is 1.